The third-order valence-electron chi connectivity index (χ3n) is 2.58. The minimum Gasteiger partial charge on any atom is -0.466 e. The van der Waals surface area contributed by atoms with Gasteiger partial charge in [-0.1, -0.05) is 0 Å². The zero-order chi connectivity index (χ0) is 13.0. The van der Waals surface area contributed by atoms with Gasteiger partial charge < -0.3 is 14.8 Å². The molecule has 0 aliphatic heterocycles. The summed E-state index contributed by atoms with van der Waals surface area (Å²) in [7, 11) is 0. The summed E-state index contributed by atoms with van der Waals surface area (Å²) in [5, 5.41) is 22.1. The number of aromatic nitrogens is 1. The number of pyridine rings is 1. The second kappa shape index (κ2) is 4.90. The minimum atomic E-state index is -1.16. The highest BCUT2D eigenvalue weighted by Crippen LogP contribution is 2.22. The SMILES string of the molecule is CC(O)(CNc1ncccc1C#N)c1ccco1. The number of aliphatic hydroxyl groups is 1. The standard InChI is InChI=1S/C13H13N3O2/c1-13(17,11-5-3-7-18-11)9-16-12-10(8-14)4-2-6-15-12/h2-7,17H,9H2,1H3,(H,15,16). The maximum Gasteiger partial charge on any atom is 0.143 e. The second-order valence-electron chi connectivity index (χ2n) is 4.12. The summed E-state index contributed by atoms with van der Waals surface area (Å²) in [5.41, 5.74) is -0.721. The Hall–Kier alpha value is -2.32. The van der Waals surface area contributed by atoms with Crippen molar-refractivity contribution >= 4 is 5.82 Å². The van der Waals surface area contributed by atoms with Gasteiger partial charge in [0, 0.05) is 6.20 Å². The Balaban J connectivity index is 2.10. The molecular weight excluding hydrogens is 230 g/mol. The molecular formula is C13H13N3O2. The van der Waals surface area contributed by atoms with E-state index in [2.05, 4.69) is 10.3 Å². The first-order valence-electron chi connectivity index (χ1n) is 5.49. The molecule has 5 nitrogen and oxygen atoms in total. The third kappa shape index (κ3) is 2.50. The first-order chi connectivity index (χ1) is 8.63. The van der Waals surface area contributed by atoms with Crippen molar-refractivity contribution in [2.24, 2.45) is 0 Å². The summed E-state index contributed by atoms with van der Waals surface area (Å²) in [6.45, 7) is 1.83. The molecule has 92 valence electrons. The van der Waals surface area contributed by atoms with E-state index < -0.39 is 5.60 Å². The Morgan fingerprint density at radius 3 is 3.00 bits per heavy atom. The number of nitriles is 1. The average Bonchev–Trinajstić information content (AvgIpc) is 2.91. The quantitative estimate of drug-likeness (QED) is 0.856. The highest BCUT2D eigenvalue weighted by Gasteiger charge is 2.26. The van der Waals surface area contributed by atoms with Crippen LogP contribution in [0.5, 0.6) is 0 Å². The van der Waals surface area contributed by atoms with Crippen LogP contribution in [-0.4, -0.2) is 16.6 Å². The molecule has 1 unspecified atom stereocenters. The van der Waals surface area contributed by atoms with Crippen LogP contribution in [0.4, 0.5) is 5.82 Å². The highest BCUT2D eigenvalue weighted by molar-refractivity contribution is 5.51. The zero-order valence-electron chi connectivity index (χ0n) is 9.92. The Labute approximate surface area is 105 Å². The van der Waals surface area contributed by atoms with E-state index in [1.807, 2.05) is 6.07 Å². The fourth-order valence-electron chi connectivity index (χ4n) is 1.56. The maximum atomic E-state index is 10.2. The maximum absolute atomic E-state index is 10.2. The molecule has 0 fully saturated rings. The number of hydrogen-bond acceptors (Lipinski definition) is 5. The van der Waals surface area contributed by atoms with Crippen molar-refractivity contribution in [3.8, 4) is 6.07 Å². The van der Waals surface area contributed by atoms with Crippen LogP contribution in [0.1, 0.15) is 18.2 Å². The largest absolute Gasteiger partial charge is 0.466 e. The molecule has 0 radical (unpaired) electrons. The summed E-state index contributed by atoms with van der Waals surface area (Å²) in [6.07, 6.45) is 3.09. The fourth-order valence-corrected chi connectivity index (χ4v) is 1.56. The Bertz CT molecular complexity index is 556. The summed E-state index contributed by atoms with van der Waals surface area (Å²) in [4.78, 5) is 4.06. The first kappa shape index (κ1) is 12.1. The summed E-state index contributed by atoms with van der Waals surface area (Å²) >= 11 is 0. The van der Waals surface area contributed by atoms with Gasteiger partial charge in [-0.2, -0.15) is 5.26 Å². The number of nitrogens with one attached hydrogen (secondary N) is 1. The number of hydrogen-bond donors (Lipinski definition) is 2. The van der Waals surface area contributed by atoms with Crippen LogP contribution in [-0.2, 0) is 5.60 Å². The molecule has 0 bridgehead atoms. The summed E-state index contributed by atoms with van der Waals surface area (Å²) in [5.74, 6) is 0.913. The van der Waals surface area contributed by atoms with Gasteiger partial charge in [-0.3, -0.25) is 0 Å². The molecule has 18 heavy (non-hydrogen) atoms. The normalized spacial score (nSPS) is 13.6. The van der Waals surface area contributed by atoms with Gasteiger partial charge in [0.05, 0.1) is 18.4 Å². The minimum absolute atomic E-state index is 0.201. The lowest BCUT2D eigenvalue weighted by atomic mass is 10.0. The van der Waals surface area contributed by atoms with Crippen molar-refractivity contribution < 1.29 is 9.52 Å². The zero-order valence-corrected chi connectivity index (χ0v) is 9.92. The van der Waals surface area contributed by atoms with Crippen molar-refractivity contribution in [3.05, 3.63) is 48.0 Å². The van der Waals surface area contributed by atoms with Crippen molar-refractivity contribution in [3.63, 3.8) is 0 Å². The lowest BCUT2D eigenvalue weighted by Crippen LogP contribution is -2.30. The highest BCUT2D eigenvalue weighted by atomic mass is 16.4. The second-order valence-corrected chi connectivity index (χ2v) is 4.12. The van der Waals surface area contributed by atoms with Gasteiger partial charge in [0.1, 0.15) is 23.2 Å². The molecule has 0 aromatic carbocycles. The smallest absolute Gasteiger partial charge is 0.143 e. The number of furan rings is 1. The number of rotatable bonds is 4. The molecule has 5 heteroatoms. The van der Waals surface area contributed by atoms with E-state index in [9.17, 15) is 5.11 Å². The van der Waals surface area contributed by atoms with E-state index in [-0.39, 0.29) is 6.54 Å². The molecule has 0 spiro atoms. The van der Waals surface area contributed by atoms with Crippen LogP contribution < -0.4 is 5.32 Å². The van der Waals surface area contributed by atoms with Crippen LogP contribution in [0.15, 0.2) is 41.1 Å². The van der Waals surface area contributed by atoms with Gasteiger partial charge in [0.15, 0.2) is 0 Å². The lowest BCUT2D eigenvalue weighted by Gasteiger charge is -2.21. The van der Waals surface area contributed by atoms with E-state index >= 15 is 0 Å². The van der Waals surface area contributed by atoms with E-state index in [1.165, 1.54) is 6.26 Å². The molecule has 2 N–H and O–H groups in total. The van der Waals surface area contributed by atoms with E-state index in [0.717, 1.165) is 0 Å². The van der Waals surface area contributed by atoms with E-state index in [4.69, 9.17) is 9.68 Å². The number of nitrogens with zero attached hydrogens (tertiary/aromatic N) is 2. The first-order valence-corrected chi connectivity index (χ1v) is 5.49. The molecule has 2 rings (SSSR count). The Morgan fingerprint density at radius 1 is 1.50 bits per heavy atom. The van der Waals surface area contributed by atoms with Crippen LogP contribution in [0, 0.1) is 11.3 Å². The van der Waals surface area contributed by atoms with E-state index in [1.54, 1.807) is 37.4 Å². The molecule has 0 aliphatic rings. The molecule has 2 aromatic heterocycles. The van der Waals surface area contributed by atoms with Crippen LogP contribution in [0.3, 0.4) is 0 Å². The molecule has 1 atom stereocenters. The predicted octanol–water partition coefficient (Wildman–Crippen LogP) is 1.87. The van der Waals surface area contributed by atoms with Gasteiger partial charge in [-0.15, -0.1) is 0 Å². The van der Waals surface area contributed by atoms with Crippen LogP contribution >= 0.6 is 0 Å². The summed E-state index contributed by atoms with van der Waals surface area (Å²) in [6, 6.07) is 8.80. The van der Waals surface area contributed by atoms with Crippen LogP contribution in [0.2, 0.25) is 0 Å². The molecule has 2 heterocycles. The lowest BCUT2D eigenvalue weighted by molar-refractivity contribution is 0.0476. The fraction of sp³-hybridized carbons (Fsp3) is 0.231. The summed E-state index contributed by atoms with van der Waals surface area (Å²) < 4.78 is 5.17. The van der Waals surface area contributed by atoms with Gasteiger partial charge in [-0.25, -0.2) is 4.98 Å². The average molecular weight is 243 g/mol. The monoisotopic (exact) mass is 243 g/mol. The molecule has 2 aromatic rings. The topological polar surface area (TPSA) is 82.1 Å². The molecule has 0 saturated heterocycles. The predicted molar refractivity (Wildman–Crippen MR) is 65.7 cm³/mol. The van der Waals surface area contributed by atoms with Crippen molar-refractivity contribution in [1.29, 1.82) is 5.26 Å². The van der Waals surface area contributed by atoms with Crippen molar-refractivity contribution in [2.45, 2.75) is 12.5 Å². The molecule has 0 saturated carbocycles. The van der Waals surface area contributed by atoms with Gasteiger partial charge in [0.2, 0.25) is 0 Å². The van der Waals surface area contributed by atoms with Gasteiger partial charge in [0.25, 0.3) is 0 Å². The van der Waals surface area contributed by atoms with E-state index in [0.29, 0.717) is 17.1 Å². The number of anilines is 1. The van der Waals surface area contributed by atoms with Crippen molar-refractivity contribution in [1.82, 2.24) is 4.98 Å². The van der Waals surface area contributed by atoms with Gasteiger partial charge in [-0.05, 0) is 31.2 Å². The molecule has 0 aliphatic carbocycles. The molecule has 0 amide bonds. The Morgan fingerprint density at radius 2 is 2.33 bits per heavy atom. The van der Waals surface area contributed by atoms with Crippen molar-refractivity contribution in [2.75, 3.05) is 11.9 Å². The Kier molecular flexibility index (Phi) is 3.31. The third-order valence-corrected chi connectivity index (χ3v) is 2.58. The van der Waals surface area contributed by atoms with Gasteiger partial charge >= 0.3 is 0 Å². The van der Waals surface area contributed by atoms with Crippen LogP contribution in [0.25, 0.3) is 0 Å².